The molecule has 3 rings (SSSR count). The smallest absolute Gasteiger partial charge is 0.302 e. The highest BCUT2D eigenvalue weighted by Gasteiger charge is 2.31. The number of anilines is 1. The molecule has 0 saturated carbocycles. The summed E-state index contributed by atoms with van der Waals surface area (Å²) in [6.07, 6.45) is 0.769. The third-order valence-electron chi connectivity index (χ3n) is 4.64. The molecule has 0 aliphatic rings. The number of nitrogens with zero attached hydrogens (tertiary/aromatic N) is 2. The number of nitrogens with one attached hydrogen (secondary N) is 2. The Morgan fingerprint density at radius 1 is 1.17 bits per heavy atom. The zero-order valence-electron chi connectivity index (χ0n) is 16.4. The first-order chi connectivity index (χ1) is 13.9. The first-order valence-electron chi connectivity index (χ1n) is 9.42. The minimum Gasteiger partial charge on any atom is -0.423 e. The van der Waals surface area contributed by atoms with Gasteiger partial charge in [-0.2, -0.15) is 4.98 Å². The van der Waals surface area contributed by atoms with Gasteiger partial charge in [-0.05, 0) is 39.1 Å². The van der Waals surface area contributed by atoms with E-state index in [-0.39, 0.29) is 11.9 Å². The van der Waals surface area contributed by atoms with E-state index in [0.717, 1.165) is 12.0 Å². The van der Waals surface area contributed by atoms with Crippen LogP contribution >= 0.6 is 23.2 Å². The molecule has 0 bridgehead atoms. The highest BCUT2D eigenvalue weighted by atomic mass is 35.5. The van der Waals surface area contributed by atoms with Crippen LogP contribution in [0, 0.1) is 0 Å². The van der Waals surface area contributed by atoms with Crippen LogP contribution in [-0.4, -0.2) is 42.0 Å². The monoisotopic (exact) mass is 434 g/mol. The van der Waals surface area contributed by atoms with Gasteiger partial charge in [0.2, 0.25) is 5.91 Å². The number of rotatable bonds is 9. The topological polar surface area (TPSA) is 70.4 Å². The molecule has 1 atom stereocenters. The molecule has 1 heterocycles. The summed E-state index contributed by atoms with van der Waals surface area (Å²) in [5, 5.41) is 5.88. The summed E-state index contributed by atoms with van der Waals surface area (Å²) >= 11 is 13.0. The van der Waals surface area contributed by atoms with Crippen molar-refractivity contribution in [2.75, 3.05) is 25.5 Å². The number of halogens is 2. The number of aromatic nitrogens is 1. The van der Waals surface area contributed by atoms with Crippen molar-refractivity contribution in [1.29, 1.82) is 0 Å². The van der Waals surface area contributed by atoms with Gasteiger partial charge in [-0.1, -0.05) is 65.7 Å². The Bertz CT molecular complexity index is 913. The maximum absolute atomic E-state index is 12.3. The number of benzene rings is 2. The number of carbonyl (C=O) groups is 1. The Labute approximate surface area is 180 Å². The van der Waals surface area contributed by atoms with Crippen LogP contribution < -0.4 is 10.6 Å². The first kappa shape index (κ1) is 21.6. The van der Waals surface area contributed by atoms with Crippen molar-refractivity contribution in [1.82, 2.24) is 15.2 Å². The van der Waals surface area contributed by atoms with Gasteiger partial charge in [0, 0.05) is 12.1 Å². The van der Waals surface area contributed by atoms with Crippen molar-refractivity contribution >= 4 is 46.2 Å². The van der Waals surface area contributed by atoms with E-state index in [1.807, 2.05) is 60.5 Å². The van der Waals surface area contributed by atoms with Gasteiger partial charge in [0.15, 0.2) is 10.0 Å². The maximum Gasteiger partial charge on any atom is 0.302 e. The van der Waals surface area contributed by atoms with Crippen LogP contribution in [0.25, 0.3) is 11.1 Å². The predicted octanol–water partition coefficient (Wildman–Crippen LogP) is 4.35. The van der Waals surface area contributed by atoms with E-state index in [2.05, 4.69) is 15.6 Å². The maximum atomic E-state index is 12.3. The summed E-state index contributed by atoms with van der Waals surface area (Å²) in [6, 6.07) is 16.7. The molecule has 2 N–H and O–H groups in total. The van der Waals surface area contributed by atoms with Gasteiger partial charge < -0.3 is 9.73 Å². The zero-order valence-corrected chi connectivity index (χ0v) is 17.9. The third kappa shape index (κ3) is 5.48. The van der Waals surface area contributed by atoms with Crippen LogP contribution in [0.15, 0.2) is 59.0 Å². The highest BCUT2D eigenvalue weighted by molar-refractivity contribution is 6.47. The molecule has 0 fully saturated rings. The second-order valence-corrected chi connectivity index (χ2v) is 8.12. The molecule has 1 amide bonds. The second kappa shape index (κ2) is 9.59. The zero-order chi connectivity index (χ0) is 20.9. The number of hydrogen-bond acceptors (Lipinski definition) is 5. The second-order valence-electron chi connectivity index (χ2n) is 6.83. The summed E-state index contributed by atoms with van der Waals surface area (Å²) in [4.78, 5) is 18.5. The van der Waals surface area contributed by atoms with Crippen LogP contribution in [0.1, 0.15) is 18.9 Å². The number of para-hydroxylation sites is 2. The van der Waals surface area contributed by atoms with Crippen molar-refractivity contribution in [2.45, 2.75) is 23.8 Å². The van der Waals surface area contributed by atoms with Crippen molar-refractivity contribution in [3.63, 3.8) is 0 Å². The molecule has 8 heteroatoms. The number of hydrogen-bond donors (Lipinski definition) is 2. The molecule has 2 aromatic carbocycles. The molecule has 0 aliphatic heterocycles. The Balaban J connectivity index is 1.43. The lowest BCUT2D eigenvalue weighted by Crippen LogP contribution is -2.40. The molecule has 154 valence electrons. The lowest BCUT2D eigenvalue weighted by Gasteiger charge is -2.31. The van der Waals surface area contributed by atoms with Gasteiger partial charge in [0.25, 0.3) is 0 Å². The Morgan fingerprint density at radius 2 is 1.86 bits per heavy atom. The number of oxazole rings is 1. The van der Waals surface area contributed by atoms with Crippen molar-refractivity contribution < 1.29 is 9.21 Å². The Hall–Kier alpha value is -2.12. The van der Waals surface area contributed by atoms with Crippen LogP contribution in [0.3, 0.4) is 0 Å². The number of carbonyl (C=O) groups excluding carboxylic acids is 1. The largest absolute Gasteiger partial charge is 0.423 e. The van der Waals surface area contributed by atoms with Crippen molar-refractivity contribution in [3.05, 3.63) is 60.2 Å². The summed E-state index contributed by atoms with van der Waals surface area (Å²) < 4.78 is 4.42. The summed E-state index contributed by atoms with van der Waals surface area (Å²) in [6.45, 7) is 3.08. The minimum absolute atomic E-state index is 0.196. The van der Waals surface area contributed by atoms with Gasteiger partial charge in [0.05, 0.1) is 6.04 Å². The molecule has 0 unspecified atom stereocenters. The van der Waals surface area contributed by atoms with E-state index < -0.39 is 10.5 Å². The van der Waals surface area contributed by atoms with Crippen LogP contribution in [0.5, 0.6) is 0 Å². The normalized spacial score (nSPS) is 13.0. The molecule has 0 spiro atoms. The number of fused-ring (bicyclic) bond motifs is 1. The first-order valence-corrected chi connectivity index (χ1v) is 10.2. The lowest BCUT2D eigenvalue weighted by atomic mass is 10.2. The van der Waals surface area contributed by atoms with Crippen molar-refractivity contribution in [3.8, 4) is 0 Å². The molecular weight excluding hydrogens is 411 g/mol. The van der Waals surface area contributed by atoms with Gasteiger partial charge in [-0.25, -0.2) is 0 Å². The fourth-order valence-corrected chi connectivity index (χ4v) is 3.29. The molecule has 0 radical (unpaired) electrons. The van der Waals surface area contributed by atoms with Gasteiger partial charge >= 0.3 is 6.01 Å². The average molecular weight is 435 g/mol. The van der Waals surface area contributed by atoms with E-state index in [1.165, 1.54) is 0 Å². The average Bonchev–Trinajstić information content (AvgIpc) is 3.13. The molecule has 29 heavy (non-hydrogen) atoms. The van der Waals surface area contributed by atoms with Gasteiger partial charge in [0.1, 0.15) is 5.52 Å². The number of alkyl halides is 2. The molecule has 1 aromatic heterocycles. The molecule has 6 nitrogen and oxygen atoms in total. The van der Waals surface area contributed by atoms with Gasteiger partial charge in [-0.15, -0.1) is 0 Å². The molecule has 3 aromatic rings. The van der Waals surface area contributed by atoms with E-state index >= 15 is 0 Å². The van der Waals surface area contributed by atoms with E-state index in [0.29, 0.717) is 24.2 Å². The fraction of sp³-hybridized carbons (Fsp3) is 0.333. The van der Waals surface area contributed by atoms with E-state index in [1.54, 1.807) is 13.0 Å². The SMILES string of the molecule is C[C@@H](NCCCN(C)C(Cl)(Cl)c1ccccc1)C(=O)Nc1nc2ccccc2o1. The molecule has 0 aliphatic carbocycles. The third-order valence-corrected chi connectivity index (χ3v) is 5.65. The van der Waals surface area contributed by atoms with Crippen LogP contribution in [0.4, 0.5) is 6.01 Å². The Morgan fingerprint density at radius 3 is 2.59 bits per heavy atom. The van der Waals surface area contributed by atoms with E-state index in [9.17, 15) is 4.79 Å². The molecular formula is C21H24Cl2N4O2. The quantitative estimate of drug-likeness (QED) is 0.297. The van der Waals surface area contributed by atoms with E-state index in [4.69, 9.17) is 27.6 Å². The summed E-state index contributed by atoms with van der Waals surface area (Å²) in [5.74, 6) is -0.210. The van der Waals surface area contributed by atoms with Crippen LogP contribution in [0.2, 0.25) is 0 Å². The Kier molecular flexibility index (Phi) is 7.14. The fourth-order valence-electron chi connectivity index (χ4n) is 2.87. The van der Waals surface area contributed by atoms with Crippen molar-refractivity contribution in [2.24, 2.45) is 0 Å². The molecule has 0 saturated heterocycles. The standard InChI is InChI=1S/C21H24Cl2N4O2/c1-15(19(28)26-20-25-17-11-6-7-12-18(17)29-20)24-13-8-14-27(2)21(22,23)16-9-4-3-5-10-16/h3-7,9-12,15,24H,8,13-14H2,1-2H3,(H,25,26,28)/t15-/m1/s1. The highest BCUT2D eigenvalue weighted by Crippen LogP contribution is 2.36. The predicted molar refractivity (Wildman–Crippen MR) is 117 cm³/mol. The van der Waals surface area contributed by atoms with Crippen LogP contribution in [-0.2, 0) is 9.25 Å². The minimum atomic E-state index is -1.10. The van der Waals surface area contributed by atoms with Gasteiger partial charge in [-0.3, -0.25) is 15.0 Å². The summed E-state index contributed by atoms with van der Waals surface area (Å²) in [5.41, 5.74) is 2.16. The summed E-state index contributed by atoms with van der Waals surface area (Å²) in [7, 11) is 1.87. The number of amides is 1. The lowest BCUT2D eigenvalue weighted by molar-refractivity contribution is -0.117.